The predicted octanol–water partition coefficient (Wildman–Crippen LogP) is 1.79. The third kappa shape index (κ3) is 4.24. The lowest BCUT2D eigenvalue weighted by Gasteiger charge is -2.44. The van der Waals surface area contributed by atoms with Crippen molar-refractivity contribution in [1.29, 1.82) is 0 Å². The van der Waals surface area contributed by atoms with E-state index in [2.05, 4.69) is 37.7 Å². The van der Waals surface area contributed by atoms with Crippen molar-refractivity contribution < 1.29 is 9.53 Å². The number of rotatable bonds is 5. The van der Waals surface area contributed by atoms with Crippen LogP contribution in [0.25, 0.3) is 0 Å². The molecule has 1 aliphatic heterocycles. The van der Waals surface area contributed by atoms with Gasteiger partial charge in [0.25, 0.3) is 5.91 Å². The molecule has 1 saturated heterocycles. The van der Waals surface area contributed by atoms with Crippen molar-refractivity contribution in [1.82, 2.24) is 14.7 Å². The number of nitrogens with zero attached hydrogens (tertiary/aromatic N) is 3. The van der Waals surface area contributed by atoms with Crippen LogP contribution in [0.5, 0.6) is 5.75 Å². The maximum Gasteiger partial charge on any atom is 0.257 e. The first-order chi connectivity index (χ1) is 10.9. The van der Waals surface area contributed by atoms with E-state index >= 15 is 0 Å². The molecule has 1 aromatic carbocycles. The fourth-order valence-corrected chi connectivity index (χ4v) is 3.27. The number of hydrogen-bond acceptors (Lipinski definition) is 4. The highest BCUT2D eigenvalue weighted by Gasteiger charge is 2.32. The number of amides is 1. The second kappa shape index (κ2) is 7.79. The van der Waals surface area contributed by atoms with Crippen molar-refractivity contribution in [3.05, 3.63) is 29.8 Å². The van der Waals surface area contributed by atoms with Crippen molar-refractivity contribution in [2.24, 2.45) is 0 Å². The van der Waals surface area contributed by atoms with E-state index in [1.54, 1.807) is 7.11 Å². The van der Waals surface area contributed by atoms with Gasteiger partial charge in [-0.05, 0) is 40.1 Å². The lowest BCUT2D eigenvalue weighted by atomic mass is 10.1. The van der Waals surface area contributed by atoms with Crippen LogP contribution in [0.4, 0.5) is 0 Å². The molecular weight excluding hydrogens is 290 g/mol. The van der Waals surface area contributed by atoms with Crippen molar-refractivity contribution in [3.63, 3.8) is 0 Å². The molecule has 2 rings (SSSR count). The second-order valence-electron chi connectivity index (χ2n) is 6.65. The van der Waals surface area contributed by atoms with Gasteiger partial charge in [0.1, 0.15) is 5.75 Å². The highest BCUT2D eigenvalue weighted by atomic mass is 16.5. The third-order valence-electron chi connectivity index (χ3n) is 4.53. The summed E-state index contributed by atoms with van der Waals surface area (Å²) in [5, 5.41) is 0. The third-order valence-corrected chi connectivity index (χ3v) is 4.53. The minimum atomic E-state index is 0.0633. The van der Waals surface area contributed by atoms with Crippen molar-refractivity contribution in [2.45, 2.75) is 25.9 Å². The first-order valence-corrected chi connectivity index (χ1v) is 8.26. The second-order valence-corrected chi connectivity index (χ2v) is 6.65. The van der Waals surface area contributed by atoms with Gasteiger partial charge in [0.2, 0.25) is 0 Å². The van der Waals surface area contributed by atoms with Gasteiger partial charge in [0.05, 0.1) is 12.7 Å². The molecule has 128 valence electrons. The zero-order valence-corrected chi connectivity index (χ0v) is 15.0. The summed E-state index contributed by atoms with van der Waals surface area (Å²) in [5.74, 6) is 0.709. The maximum absolute atomic E-state index is 12.9. The van der Waals surface area contributed by atoms with Gasteiger partial charge in [-0.25, -0.2) is 0 Å². The molecule has 0 aromatic heterocycles. The molecule has 1 aromatic rings. The SMILES string of the molecule is COc1ccccc1C(=O)N1CC(C)N(CCN(C)C)C(C)C1. The van der Waals surface area contributed by atoms with Gasteiger partial charge in [0, 0.05) is 38.3 Å². The van der Waals surface area contributed by atoms with E-state index in [9.17, 15) is 4.79 Å². The fraction of sp³-hybridized carbons (Fsp3) is 0.611. The van der Waals surface area contributed by atoms with Crippen molar-refractivity contribution in [3.8, 4) is 5.75 Å². The van der Waals surface area contributed by atoms with Gasteiger partial charge < -0.3 is 14.5 Å². The summed E-state index contributed by atoms with van der Waals surface area (Å²) in [6, 6.07) is 8.17. The van der Waals surface area contributed by atoms with Gasteiger partial charge in [-0.2, -0.15) is 0 Å². The van der Waals surface area contributed by atoms with E-state index in [-0.39, 0.29) is 5.91 Å². The van der Waals surface area contributed by atoms with Gasteiger partial charge in [0.15, 0.2) is 0 Å². The van der Waals surface area contributed by atoms with Crippen LogP contribution in [-0.2, 0) is 0 Å². The molecule has 2 atom stereocenters. The number of hydrogen-bond donors (Lipinski definition) is 0. The van der Waals surface area contributed by atoms with Crippen LogP contribution < -0.4 is 4.74 Å². The number of benzene rings is 1. The summed E-state index contributed by atoms with van der Waals surface area (Å²) < 4.78 is 5.33. The quantitative estimate of drug-likeness (QED) is 0.829. The molecule has 1 heterocycles. The van der Waals surface area contributed by atoms with E-state index in [1.165, 1.54) is 0 Å². The summed E-state index contributed by atoms with van der Waals surface area (Å²) in [6.45, 7) is 7.99. The summed E-state index contributed by atoms with van der Waals surface area (Å²) in [5.41, 5.74) is 0.649. The van der Waals surface area contributed by atoms with Crippen LogP contribution in [-0.4, -0.2) is 80.1 Å². The van der Waals surface area contributed by atoms with Crippen LogP contribution in [0.15, 0.2) is 24.3 Å². The highest BCUT2D eigenvalue weighted by molar-refractivity contribution is 5.97. The molecule has 0 saturated carbocycles. The van der Waals surface area contributed by atoms with Crippen LogP contribution in [0.1, 0.15) is 24.2 Å². The zero-order chi connectivity index (χ0) is 17.0. The van der Waals surface area contributed by atoms with E-state index < -0.39 is 0 Å². The molecule has 23 heavy (non-hydrogen) atoms. The topological polar surface area (TPSA) is 36.0 Å². The summed E-state index contributed by atoms with van der Waals surface area (Å²) in [7, 11) is 5.80. The zero-order valence-electron chi connectivity index (χ0n) is 15.0. The summed E-state index contributed by atoms with van der Waals surface area (Å²) in [4.78, 5) is 19.5. The number of methoxy groups -OCH3 is 1. The Balaban J connectivity index is 2.07. The van der Waals surface area contributed by atoms with Crippen molar-refractivity contribution in [2.75, 3.05) is 47.4 Å². The highest BCUT2D eigenvalue weighted by Crippen LogP contribution is 2.23. The number of piperazine rings is 1. The number of carbonyl (C=O) groups is 1. The Morgan fingerprint density at radius 3 is 2.39 bits per heavy atom. The molecule has 0 radical (unpaired) electrons. The molecule has 0 spiro atoms. The van der Waals surface area contributed by atoms with E-state index in [0.717, 1.165) is 26.2 Å². The maximum atomic E-state index is 12.9. The van der Waals surface area contributed by atoms with Gasteiger partial charge in [-0.1, -0.05) is 12.1 Å². The first kappa shape index (κ1) is 17.8. The Kier molecular flexibility index (Phi) is 6.02. The Morgan fingerprint density at radius 1 is 1.22 bits per heavy atom. The minimum absolute atomic E-state index is 0.0633. The normalized spacial score (nSPS) is 22.4. The molecule has 5 heteroatoms. The average Bonchev–Trinajstić information content (AvgIpc) is 2.52. The Hall–Kier alpha value is -1.59. The van der Waals surface area contributed by atoms with E-state index in [4.69, 9.17) is 4.74 Å². The lowest BCUT2D eigenvalue weighted by Crippen LogP contribution is -2.59. The van der Waals surface area contributed by atoms with Crippen molar-refractivity contribution >= 4 is 5.91 Å². The molecule has 1 aliphatic rings. The molecule has 2 unspecified atom stereocenters. The Labute approximate surface area is 139 Å². The van der Waals surface area contributed by atoms with Crippen LogP contribution in [0.3, 0.4) is 0 Å². The molecule has 0 bridgehead atoms. The van der Waals surface area contributed by atoms with E-state index in [1.807, 2.05) is 29.2 Å². The van der Waals surface area contributed by atoms with Gasteiger partial charge >= 0.3 is 0 Å². The lowest BCUT2D eigenvalue weighted by molar-refractivity contribution is 0.0281. The molecule has 0 aliphatic carbocycles. The fourth-order valence-electron chi connectivity index (χ4n) is 3.27. The van der Waals surface area contributed by atoms with Crippen LogP contribution in [0.2, 0.25) is 0 Å². The summed E-state index contributed by atoms with van der Waals surface area (Å²) >= 11 is 0. The number of ether oxygens (including phenoxy) is 1. The minimum Gasteiger partial charge on any atom is -0.496 e. The number of carbonyl (C=O) groups excluding carboxylic acids is 1. The molecule has 5 nitrogen and oxygen atoms in total. The molecule has 0 N–H and O–H groups in total. The molecular formula is C18H29N3O2. The Morgan fingerprint density at radius 2 is 1.83 bits per heavy atom. The van der Waals surface area contributed by atoms with Crippen LogP contribution >= 0.6 is 0 Å². The van der Waals surface area contributed by atoms with Gasteiger partial charge in [-0.3, -0.25) is 9.69 Å². The van der Waals surface area contributed by atoms with Crippen LogP contribution in [0, 0.1) is 0 Å². The number of para-hydroxylation sites is 1. The number of likely N-dealkylation sites (N-methyl/N-ethyl adjacent to an activating group) is 1. The smallest absolute Gasteiger partial charge is 0.257 e. The average molecular weight is 319 g/mol. The molecule has 1 amide bonds. The first-order valence-electron chi connectivity index (χ1n) is 8.26. The Bertz CT molecular complexity index is 521. The standard InChI is InChI=1S/C18H29N3O2/c1-14-12-20(13-15(2)21(14)11-10-19(3)4)18(22)16-8-6-7-9-17(16)23-5/h6-9,14-15H,10-13H2,1-5H3. The molecule has 1 fully saturated rings. The largest absolute Gasteiger partial charge is 0.496 e. The van der Waals surface area contributed by atoms with E-state index in [0.29, 0.717) is 23.4 Å². The summed E-state index contributed by atoms with van der Waals surface area (Å²) in [6.07, 6.45) is 0. The monoisotopic (exact) mass is 319 g/mol. The van der Waals surface area contributed by atoms with Gasteiger partial charge in [-0.15, -0.1) is 0 Å². The predicted molar refractivity (Wildman–Crippen MR) is 93.1 cm³/mol.